The van der Waals surface area contributed by atoms with E-state index in [2.05, 4.69) is 9.93 Å². The molecule has 0 saturated carbocycles. The van der Waals surface area contributed by atoms with E-state index in [1.165, 1.54) is 18.3 Å². The van der Waals surface area contributed by atoms with Crippen LogP contribution in [0, 0.1) is 6.92 Å². The molecule has 114 valence electrons. The third-order valence-corrected chi connectivity index (χ3v) is 4.11. The number of rotatable bonds is 5. The second-order valence-electron chi connectivity index (χ2n) is 4.91. The summed E-state index contributed by atoms with van der Waals surface area (Å²) in [5.41, 5.74) is 2.82. The largest absolute Gasteiger partial charge is 1.00 e. The molecule has 0 unspecified atom stereocenters. The Labute approximate surface area is 159 Å². The molecule has 0 heterocycles. The summed E-state index contributed by atoms with van der Waals surface area (Å²) < 4.78 is 24.0. The Bertz CT molecular complexity index is 783. The van der Waals surface area contributed by atoms with E-state index in [4.69, 9.17) is 0 Å². The Balaban J connectivity index is 0.00000264. The van der Waals surface area contributed by atoms with Gasteiger partial charge in [-0.05, 0) is 37.1 Å². The van der Waals surface area contributed by atoms with Crippen molar-refractivity contribution in [3.63, 3.8) is 0 Å². The van der Waals surface area contributed by atoms with Crippen molar-refractivity contribution in [3.8, 4) is 0 Å². The van der Waals surface area contributed by atoms with Gasteiger partial charge in [0.15, 0.2) is 0 Å². The maximum Gasteiger partial charge on any atom is 1.00 e. The van der Waals surface area contributed by atoms with Crippen LogP contribution in [0.1, 0.15) is 18.1 Å². The summed E-state index contributed by atoms with van der Waals surface area (Å²) in [4.78, 5) is 3.58. The Morgan fingerprint density at radius 2 is 1.65 bits per heavy atom. The van der Waals surface area contributed by atoms with Gasteiger partial charge < -0.3 is 9.93 Å². The third kappa shape index (κ3) is 6.31. The maximum atomic E-state index is 12.0. The monoisotopic (exact) mass is 336 g/mol. The van der Waals surface area contributed by atoms with E-state index in [1.807, 2.05) is 50.3 Å². The third-order valence-electron chi connectivity index (χ3n) is 2.93. The molecular weight excluding hydrogens is 319 g/mol. The quantitative estimate of drug-likeness (QED) is 0.467. The Hall–Kier alpha value is -1.40. The molecule has 4 nitrogen and oxygen atoms in total. The van der Waals surface area contributed by atoms with E-state index in [9.17, 15) is 8.42 Å². The summed E-state index contributed by atoms with van der Waals surface area (Å²) in [5, 5.41) is 3.68. The number of nitrogens with zero attached hydrogens (tertiary/aromatic N) is 2. The first-order valence-corrected chi connectivity index (χ1v) is 8.22. The van der Waals surface area contributed by atoms with E-state index in [1.54, 1.807) is 12.1 Å². The van der Waals surface area contributed by atoms with Crippen LogP contribution in [0.15, 0.2) is 70.2 Å². The van der Waals surface area contributed by atoms with Crippen molar-refractivity contribution >= 4 is 22.3 Å². The topological polar surface area (TPSA) is 60.6 Å². The number of aryl methyl sites for hydroxylation is 1. The van der Waals surface area contributed by atoms with Gasteiger partial charge in [0.25, 0.3) is 0 Å². The molecule has 2 aromatic rings. The summed E-state index contributed by atoms with van der Waals surface area (Å²) in [6.45, 7) is 3.73. The van der Waals surface area contributed by atoms with Gasteiger partial charge in [0, 0.05) is 6.21 Å². The summed E-state index contributed by atoms with van der Waals surface area (Å²) in [6, 6.07) is 16.2. The van der Waals surface area contributed by atoms with E-state index in [-0.39, 0.29) is 34.5 Å². The molecule has 0 bridgehead atoms. The second kappa shape index (κ2) is 9.03. The number of sulfonamides is 1. The first-order chi connectivity index (χ1) is 10.5. The average molecular weight is 336 g/mol. The fourth-order valence-electron chi connectivity index (χ4n) is 1.78. The van der Waals surface area contributed by atoms with Crippen molar-refractivity contribution < 1.29 is 38.0 Å². The van der Waals surface area contributed by atoms with Gasteiger partial charge in [-0.1, -0.05) is 54.1 Å². The van der Waals surface area contributed by atoms with E-state index in [0.29, 0.717) is 0 Å². The van der Waals surface area contributed by atoms with Gasteiger partial charge in [-0.25, -0.2) is 8.42 Å². The number of hydrogen-bond donors (Lipinski definition) is 0. The molecule has 0 aliphatic rings. The minimum atomic E-state index is -3.75. The van der Waals surface area contributed by atoms with Crippen molar-refractivity contribution in [3.05, 3.63) is 76.1 Å². The smallest absolute Gasteiger partial charge is 0.491 e. The van der Waals surface area contributed by atoms with Gasteiger partial charge in [0.05, 0.1) is 4.90 Å². The molecule has 0 atom stereocenters. The van der Waals surface area contributed by atoms with Crippen LogP contribution in [0.4, 0.5) is 0 Å². The summed E-state index contributed by atoms with van der Waals surface area (Å²) in [6.07, 6.45) is 3.33. The van der Waals surface area contributed by atoms with Gasteiger partial charge in [-0.15, -0.1) is 0 Å². The van der Waals surface area contributed by atoms with Crippen molar-refractivity contribution in [1.29, 1.82) is 0 Å². The zero-order valence-corrected chi connectivity index (χ0v) is 16.3. The molecule has 0 aliphatic carbocycles. The first kappa shape index (κ1) is 19.6. The van der Waals surface area contributed by atoms with Crippen LogP contribution in [-0.4, -0.2) is 14.6 Å². The molecule has 0 amide bonds. The molecule has 0 saturated heterocycles. The van der Waals surface area contributed by atoms with Crippen LogP contribution in [0.2, 0.25) is 0 Å². The second-order valence-corrected chi connectivity index (χ2v) is 6.50. The Kier molecular flexibility index (Phi) is 7.72. The number of benzene rings is 2. The van der Waals surface area contributed by atoms with Crippen LogP contribution in [0.25, 0.3) is 10.9 Å². The zero-order chi connectivity index (χ0) is 16.0. The number of hydrogen-bond acceptors (Lipinski definition) is 3. The Morgan fingerprint density at radius 3 is 2.26 bits per heavy atom. The van der Waals surface area contributed by atoms with E-state index >= 15 is 0 Å². The van der Waals surface area contributed by atoms with Crippen LogP contribution >= 0.6 is 0 Å². The van der Waals surface area contributed by atoms with Crippen molar-refractivity contribution in [1.82, 2.24) is 0 Å². The van der Waals surface area contributed by atoms with Crippen LogP contribution in [-0.2, 0) is 10.0 Å². The fraction of sp³-hybridized carbons (Fsp3) is 0.118. The zero-order valence-electron chi connectivity index (χ0n) is 13.5. The average Bonchev–Trinajstić information content (AvgIpc) is 2.48. The minimum absolute atomic E-state index is 0. The molecule has 0 aromatic heterocycles. The normalized spacial score (nSPS) is 12.0. The van der Waals surface area contributed by atoms with Crippen LogP contribution in [0.5, 0.6) is 0 Å². The van der Waals surface area contributed by atoms with E-state index in [0.717, 1.165) is 16.7 Å². The summed E-state index contributed by atoms with van der Waals surface area (Å²) in [7, 11) is -3.75. The van der Waals surface area contributed by atoms with E-state index < -0.39 is 10.0 Å². The predicted molar refractivity (Wildman–Crippen MR) is 90.3 cm³/mol. The fourth-order valence-corrected chi connectivity index (χ4v) is 2.53. The molecular formula is C17H17N2NaO2S. The summed E-state index contributed by atoms with van der Waals surface area (Å²) in [5.74, 6) is 0. The predicted octanol–water partition coefficient (Wildman–Crippen LogP) is 1.15. The van der Waals surface area contributed by atoms with Gasteiger partial charge in [-0.2, -0.15) is 0 Å². The molecule has 0 N–H and O–H groups in total. The van der Waals surface area contributed by atoms with Crippen molar-refractivity contribution in [2.24, 2.45) is 5.10 Å². The van der Waals surface area contributed by atoms with Gasteiger partial charge in [-0.3, -0.25) is 0 Å². The van der Waals surface area contributed by atoms with Crippen molar-refractivity contribution in [2.45, 2.75) is 18.7 Å². The number of allylic oxidation sites excluding steroid dienone is 1. The Morgan fingerprint density at radius 1 is 1.04 bits per heavy atom. The summed E-state index contributed by atoms with van der Waals surface area (Å²) >= 11 is 0. The molecule has 0 aliphatic heterocycles. The minimum Gasteiger partial charge on any atom is -0.491 e. The maximum absolute atomic E-state index is 12.0. The van der Waals surface area contributed by atoms with Gasteiger partial charge >= 0.3 is 29.6 Å². The first-order valence-electron chi connectivity index (χ1n) is 6.78. The molecule has 23 heavy (non-hydrogen) atoms. The molecule has 2 aromatic carbocycles. The van der Waals surface area contributed by atoms with Crippen molar-refractivity contribution in [2.75, 3.05) is 0 Å². The molecule has 6 heteroatoms. The van der Waals surface area contributed by atoms with Gasteiger partial charge in [0.2, 0.25) is 0 Å². The standard InChI is InChI=1S/C17H17N2O2S.Na/c1-14-8-10-17(11-9-14)22(20,21)19-18-13-15(2)12-16-6-4-3-5-7-16;/h3-13H,1-2H3;/q-1;+1/b15-12+,18-13+;. The molecule has 0 spiro atoms. The molecule has 0 fully saturated rings. The van der Waals surface area contributed by atoms with Crippen LogP contribution in [0.3, 0.4) is 0 Å². The van der Waals surface area contributed by atoms with Gasteiger partial charge in [0.1, 0.15) is 10.0 Å². The van der Waals surface area contributed by atoms with Crippen LogP contribution < -0.4 is 29.6 Å². The molecule has 2 rings (SSSR count). The molecule has 0 radical (unpaired) electrons. The SMILES string of the molecule is CC(/C=N/[N-]S(=O)(=O)c1ccc(C)cc1)=C\c1ccccc1.[Na+].